The van der Waals surface area contributed by atoms with Crippen molar-refractivity contribution in [2.75, 3.05) is 66.1 Å². The molecule has 0 aromatic heterocycles. The molecule has 7 nitrogen and oxygen atoms in total. The molecular weight excluding hydrogens is 444 g/mol. The second-order valence-electron chi connectivity index (χ2n) is 12.1. The average molecular weight is 486 g/mol. The summed E-state index contributed by atoms with van der Waals surface area (Å²) >= 11 is 0. The Bertz CT molecular complexity index is 760. The van der Waals surface area contributed by atoms with Gasteiger partial charge < -0.3 is 23.8 Å². The van der Waals surface area contributed by atoms with E-state index in [4.69, 9.17) is 18.9 Å². The number of piperidine rings is 1. The van der Waals surface area contributed by atoms with Gasteiger partial charge in [0.15, 0.2) is 5.79 Å². The number of hydrogen-bond acceptors (Lipinski definition) is 7. The van der Waals surface area contributed by atoms with Crippen LogP contribution in [0.5, 0.6) is 0 Å². The fraction of sp³-hybridized carbons (Fsp3) is 1.00. The van der Waals surface area contributed by atoms with E-state index >= 15 is 0 Å². The molecule has 3 spiro atoms. The predicted octanol–water partition coefficient (Wildman–Crippen LogP) is 2.34. The molecule has 2 aliphatic carbocycles. The molecule has 194 valence electrons. The maximum absolute atomic E-state index is 13.6. The van der Waals surface area contributed by atoms with E-state index in [0.29, 0.717) is 19.8 Å². The van der Waals surface area contributed by atoms with Crippen LogP contribution in [0.25, 0.3) is 0 Å². The van der Waals surface area contributed by atoms with Gasteiger partial charge in [0.1, 0.15) is 0 Å². The minimum absolute atomic E-state index is 0.0573. The number of hydrogen-bond donors (Lipinski definition) is 0. The van der Waals surface area contributed by atoms with Crippen LogP contribution >= 0.6 is 0 Å². The smallest absolute Gasteiger partial charge is 0.253 e. The number of nitrogens with zero attached hydrogens (tertiary/aromatic N) is 3. The first kappa shape index (κ1) is 23.9. The Morgan fingerprint density at radius 2 is 1.71 bits per heavy atom. The van der Waals surface area contributed by atoms with Crippen molar-refractivity contribution in [2.45, 2.75) is 93.0 Å². The van der Waals surface area contributed by atoms with E-state index < -0.39 is 17.3 Å². The number of halogens is 2. The number of likely N-dealkylation sites (N-methyl/N-ethyl adjacent to an activating group) is 1. The van der Waals surface area contributed by atoms with Gasteiger partial charge in [0, 0.05) is 58.0 Å². The van der Waals surface area contributed by atoms with Gasteiger partial charge in [-0.25, -0.2) is 8.78 Å². The van der Waals surface area contributed by atoms with Crippen LogP contribution in [0.3, 0.4) is 0 Å². The summed E-state index contributed by atoms with van der Waals surface area (Å²) in [4.78, 5) is 7.16. The minimum Gasteiger partial charge on any atom is -0.372 e. The average Bonchev–Trinajstić information content (AvgIpc) is 3.09. The second-order valence-corrected chi connectivity index (χ2v) is 12.1. The summed E-state index contributed by atoms with van der Waals surface area (Å²) in [7, 11) is 2.14. The third-order valence-corrected chi connectivity index (χ3v) is 9.16. The normalized spacial score (nSPS) is 42.2. The highest BCUT2D eigenvalue weighted by molar-refractivity contribution is 5.06. The summed E-state index contributed by atoms with van der Waals surface area (Å²) < 4.78 is 52.6. The molecule has 6 rings (SSSR count). The first-order valence-electron chi connectivity index (χ1n) is 13.3. The summed E-state index contributed by atoms with van der Waals surface area (Å²) in [6, 6.07) is 0.238. The van der Waals surface area contributed by atoms with Crippen molar-refractivity contribution >= 4 is 0 Å². The molecule has 0 aromatic rings. The lowest BCUT2D eigenvalue weighted by atomic mass is 9.75. The summed E-state index contributed by atoms with van der Waals surface area (Å²) in [6.07, 6.45) is 5.32. The number of morpholine rings is 2. The van der Waals surface area contributed by atoms with E-state index in [1.54, 1.807) is 0 Å². The Labute approximate surface area is 202 Å². The summed E-state index contributed by atoms with van der Waals surface area (Å²) in [5, 5.41) is 0. The van der Waals surface area contributed by atoms with Gasteiger partial charge in [-0.3, -0.25) is 9.80 Å². The second kappa shape index (κ2) is 8.57. The summed E-state index contributed by atoms with van der Waals surface area (Å²) in [5.41, 5.74) is -0.725. The fourth-order valence-corrected chi connectivity index (χ4v) is 7.28. The highest BCUT2D eigenvalue weighted by Crippen LogP contribution is 2.49. The van der Waals surface area contributed by atoms with E-state index in [2.05, 4.69) is 28.7 Å². The van der Waals surface area contributed by atoms with Crippen LogP contribution in [0.4, 0.5) is 8.78 Å². The third-order valence-electron chi connectivity index (χ3n) is 9.16. The van der Waals surface area contributed by atoms with Gasteiger partial charge >= 0.3 is 0 Å². The largest absolute Gasteiger partial charge is 0.372 e. The zero-order valence-corrected chi connectivity index (χ0v) is 20.8. The van der Waals surface area contributed by atoms with Crippen molar-refractivity contribution in [3.05, 3.63) is 0 Å². The Morgan fingerprint density at radius 1 is 0.882 bits per heavy atom. The maximum Gasteiger partial charge on any atom is 0.253 e. The molecule has 4 saturated heterocycles. The third kappa shape index (κ3) is 4.55. The molecule has 4 atom stereocenters. The van der Waals surface area contributed by atoms with Crippen LogP contribution in [0, 0.1) is 0 Å². The Kier molecular flexibility index (Phi) is 6.03. The first-order valence-corrected chi connectivity index (χ1v) is 13.3. The van der Waals surface area contributed by atoms with Gasteiger partial charge in [-0.15, -0.1) is 0 Å². The van der Waals surface area contributed by atoms with E-state index in [1.165, 1.54) is 6.42 Å². The number of likely N-dealkylation sites (tertiary alicyclic amines) is 1. The van der Waals surface area contributed by atoms with Crippen molar-refractivity contribution in [3.63, 3.8) is 0 Å². The van der Waals surface area contributed by atoms with Crippen LogP contribution in [0.1, 0.15) is 51.9 Å². The van der Waals surface area contributed by atoms with Crippen molar-refractivity contribution in [1.29, 1.82) is 0 Å². The van der Waals surface area contributed by atoms with Crippen molar-refractivity contribution in [1.82, 2.24) is 14.7 Å². The van der Waals surface area contributed by atoms with Gasteiger partial charge in [-0.1, -0.05) is 0 Å². The Hall–Kier alpha value is -0.420. The van der Waals surface area contributed by atoms with Gasteiger partial charge in [0.05, 0.1) is 43.2 Å². The van der Waals surface area contributed by atoms with Gasteiger partial charge in [-0.2, -0.15) is 0 Å². The van der Waals surface area contributed by atoms with Crippen LogP contribution < -0.4 is 0 Å². The molecule has 4 heterocycles. The van der Waals surface area contributed by atoms with E-state index in [-0.39, 0.29) is 36.7 Å². The molecule has 4 aliphatic heterocycles. The number of alkyl halides is 2. The van der Waals surface area contributed by atoms with Gasteiger partial charge in [0.25, 0.3) is 5.92 Å². The Morgan fingerprint density at radius 3 is 2.41 bits per heavy atom. The SMILES string of the molecule is CC1C(CN2CCOC3(C2)CC(F)(F)C3)OC2(CCC2)CN1CC1COC2(CCCN(C)C2)O1. The molecule has 0 amide bonds. The van der Waals surface area contributed by atoms with Crippen molar-refractivity contribution in [2.24, 2.45) is 0 Å². The van der Waals surface area contributed by atoms with E-state index in [9.17, 15) is 8.78 Å². The van der Waals surface area contributed by atoms with Crippen molar-refractivity contribution in [3.8, 4) is 0 Å². The molecule has 6 aliphatic rings. The maximum atomic E-state index is 13.6. The zero-order chi connectivity index (χ0) is 23.6. The topological polar surface area (TPSA) is 46.6 Å². The molecule has 0 radical (unpaired) electrons. The highest BCUT2D eigenvalue weighted by atomic mass is 19.3. The quantitative estimate of drug-likeness (QED) is 0.606. The molecule has 6 fully saturated rings. The number of ether oxygens (including phenoxy) is 4. The summed E-state index contributed by atoms with van der Waals surface area (Å²) in [6.45, 7) is 9.30. The monoisotopic (exact) mass is 485 g/mol. The minimum atomic E-state index is -2.57. The van der Waals surface area contributed by atoms with Crippen LogP contribution in [0.2, 0.25) is 0 Å². The molecule has 0 N–H and O–H groups in total. The molecule has 9 heteroatoms. The van der Waals surface area contributed by atoms with Crippen LogP contribution in [-0.2, 0) is 18.9 Å². The lowest BCUT2D eigenvalue weighted by Crippen LogP contribution is -2.67. The van der Waals surface area contributed by atoms with Crippen molar-refractivity contribution < 1.29 is 27.7 Å². The first-order chi connectivity index (χ1) is 16.2. The van der Waals surface area contributed by atoms with Crippen LogP contribution in [-0.4, -0.2) is 122 Å². The highest BCUT2D eigenvalue weighted by Gasteiger charge is 2.59. The molecule has 4 unspecified atom stereocenters. The van der Waals surface area contributed by atoms with Gasteiger partial charge in [-0.05, 0) is 46.2 Å². The standard InChI is InChI=1S/C25H41F2N3O4/c1-19-21(12-29-9-10-31-23(16-29)14-24(26,27)15-23)34-22(5-3-6-22)17-30(19)11-20-13-32-25(33-20)7-4-8-28(2)18-25/h19-21H,3-18H2,1-2H3. The summed E-state index contributed by atoms with van der Waals surface area (Å²) in [5.74, 6) is -3.01. The molecule has 0 bridgehead atoms. The molecule has 0 aromatic carbocycles. The lowest BCUT2D eigenvalue weighted by molar-refractivity contribution is -0.259. The molecule has 2 saturated carbocycles. The van der Waals surface area contributed by atoms with Gasteiger partial charge in [0.2, 0.25) is 0 Å². The number of rotatable bonds is 4. The predicted molar refractivity (Wildman–Crippen MR) is 122 cm³/mol. The Balaban J connectivity index is 1.10. The van der Waals surface area contributed by atoms with E-state index in [1.807, 2.05) is 0 Å². The molecular formula is C25H41F2N3O4. The molecule has 34 heavy (non-hydrogen) atoms. The van der Waals surface area contributed by atoms with Crippen LogP contribution in [0.15, 0.2) is 0 Å². The van der Waals surface area contributed by atoms with E-state index in [0.717, 1.165) is 65.0 Å². The lowest BCUT2D eigenvalue weighted by Gasteiger charge is -2.56. The fourth-order valence-electron chi connectivity index (χ4n) is 7.28. The zero-order valence-electron chi connectivity index (χ0n) is 20.8.